The Morgan fingerprint density at radius 3 is 2.65 bits per heavy atom. The number of anilines is 1. The fourth-order valence-electron chi connectivity index (χ4n) is 3.73. The van der Waals surface area contributed by atoms with Gasteiger partial charge in [0.05, 0.1) is 6.33 Å². The van der Waals surface area contributed by atoms with Crippen molar-refractivity contribution in [3.63, 3.8) is 0 Å². The molecule has 0 aromatic carbocycles. The Morgan fingerprint density at radius 2 is 1.91 bits per heavy atom. The van der Waals surface area contributed by atoms with E-state index in [4.69, 9.17) is 9.97 Å². The van der Waals surface area contributed by atoms with Gasteiger partial charge in [-0.05, 0) is 44.4 Å². The zero-order chi connectivity index (χ0) is 15.6. The zero-order valence-electron chi connectivity index (χ0n) is 14.1. The molecular formula is C18H27N5. The van der Waals surface area contributed by atoms with E-state index < -0.39 is 0 Å². The average molecular weight is 313 g/mol. The number of imidazole rings is 1. The minimum absolute atomic E-state index is 0.771. The number of rotatable bonds is 6. The normalized spacial score (nSPS) is 19.3. The van der Waals surface area contributed by atoms with Gasteiger partial charge in [-0.2, -0.15) is 0 Å². The van der Waals surface area contributed by atoms with Gasteiger partial charge < -0.3 is 9.88 Å². The largest absolute Gasteiger partial charge is 0.368 e. The SMILES string of the molecule is CCNc1ncn(CC2CCCCC2)c2nc(CC3CC3)nc1-2. The lowest BCUT2D eigenvalue weighted by molar-refractivity contribution is 0.318. The Kier molecular flexibility index (Phi) is 4.19. The molecule has 0 aromatic rings. The number of nitrogens with zero attached hydrogens (tertiary/aromatic N) is 4. The second-order valence-corrected chi connectivity index (χ2v) is 7.24. The summed E-state index contributed by atoms with van der Waals surface area (Å²) < 4.78 is 2.25. The summed E-state index contributed by atoms with van der Waals surface area (Å²) in [4.78, 5) is 14.3. The first-order chi connectivity index (χ1) is 11.3. The van der Waals surface area contributed by atoms with Crippen LogP contribution in [0.3, 0.4) is 0 Å². The van der Waals surface area contributed by atoms with E-state index in [2.05, 4.69) is 21.8 Å². The molecule has 0 spiro atoms. The average Bonchev–Trinajstić information content (AvgIpc) is 3.27. The third kappa shape index (κ3) is 3.33. The predicted molar refractivity (Wildman–Crippen MR) is 91.6 cm³/mol. The van der Waals surface area contributed by atoms with Gasteiger partial charge in [0.25, 0.3) is 0 Å². The molecule has 2 heterocycles. The molecule has 4 aliphatic rings. The molecule has 23 heavy (non-hydrogen) atoms. The molecule has 0 atom stereocenters. The summed E-state index contributed by atoms with van der Waals surface area (Å²) in [5.74, 6) is 4.50. The molecule has 0 bridgehead atoms. The van der Waals surface area contributed by atoms with E-state index in [9.17, 15) is 0 Å². The van der Waals surface area contributed by atoms with E-state index in [-0.39, 0.29) is 0 Å². The minimum atomic E-state index is 0.771. The summed E-state index contributed by atoms with van der Waals surface area (Å²) in [6.07, 6.45) is 12.5. The molecule has 2 aliphatic carbocycles. The molecule has 5 nitrogen and oxygen atoms in total. The highest BCUT2D eigenvalue weighted by molar-refractivity contribution is 5.67. The first kappa shape index (κ1) is 14.9. The van der Waals surface area contributed by atoms with Crippen LogP contribution in [0.4, 0.5) is 5.82 Å². The lowest BCUT2D eigenvalue weighted by Crippen LogP contribution is -2.17. The second kappa shape index (κ2) is 6.46. The fourth-order valence-corrected chi connectivity index (χ4v) is 3.73. The molecular weight excluding hydrogens is 286 g/mol. The number of fused-ring (bicyclic) bond motifs is 1. The highest BCUT2D eigenvalue weighted by Crippen LogP contribution is 2.34. The summed E-state index contributed by atoms with van der Waals surface area (Å²) in [5.41, 5.74) is 0.959. The van der Waals surface area contributed by atoms with Gasteiger partial charge in [0.1, 0.15) is 5.82 Å². The topological polar surface area (TPSA) is 55.6 Å². The maximum Gasteiger partial charge on any atom is 0.165 e. The summed E-state index contributed by atoms with van der Waals surface area (Å²) in [7, 11) is 0. The molecule has 2 saturated carbocycles. The van der Waals surface area contributed by atoms with Crippen LogP contribution < -0.4 is 5.32 Å². The lowest BCUT2D eigenvalue weighted by Gasteiger charge is -2.23. The van der Waals surface area contributed by atoms with Crippen molar-refractivity contribution in [2.45, 2.75) is 64.8 Å². The van der Waals surface area contributed by atoms with Crippen molar-refractivity contribution in [2.75, 3.05) is 11.9 Å². The van der Waals surface area contributed by atoms with Gasteiger partial charge in [0.15, 0.2) is 17.3 Å². The quantitative estimate of drug-likeness (QED) is 0.882. The Balaban J connectivity index is 1.63. The number of aromatic nitrogens is 4. The standard InChI is InChI=1S/C18H27N5/c1-2-19-17-16-18(22-15(21-16)10-13-8-9-13)23(12-20-17)11-14-6-4-3-5-7-14/h12-14,19H,2-11H2,1H3. The summed E-state index contributed by atoms with van der Waals surface area (Å²) in [6.45, 7) is 4.00. The van der Waals surface area contributed by atoms with E-state index in [1.165, 1.54) is 44.9 Å². The Hall–Kier alpha value is -1.65. The Morgan fingerprint density at radius 1 is 1.09 bits per heavy atom. The monoisotopic (exact) mass is 313 g/mol. The molecule has 2 fully saturated rings. The van der Waals surface area contributed by atoms with Crippen LogP contribution in [-0.2, 0) is 13.0 Å². The maximum atomic E-state index is 4.87. The van der Waals surface area contributed by atoms with Crippen molar-refractivity contribution in [1.82, 2.24) is 19.5 Å². The van der Waals surface area contributed by atoms with Crippen LogP contribution in [0.15, 0.2) is 6.33 Å². The van der Waals surface area contributed by atoms with Crippen LogP contribution in [0.2, 0.25) is 0 Å². The van der Waals surface area contributed by atoms with Crippen LogP contribution in [0.1, 0.15) is 57.7 Å². The summed E-state index contributed by atoms with van der Waals surface area (Å²) in [6, 6.07) is 0. The van der Waals surface area contributed by atoms with E-state index in [0.29, 0.717) is 0 Å². The van der Waals surface area contributed by atoms with Crippen molar-refractivity contribution in [1.29, 1.82) is 0 Å². The number of nitrogens with one attached hydrogen (secondary N) is 1. The van der Waals surface area contributed by atoms with Crippen molar-refractivity contribution < 1.29 is 0 Å². The minimum Gasteiger partial charge on any atom is -0.368 e. The maximum absolute atomic E-state index is 4.87. The van der Waals surface area contributed by atoms with Gasteiger partial charge in [0, 0.05) is 19.5 Å². The molecule has 0 unspecified atom stereocenters. The number of hydrogen-bond donors (Lipinski definition) is 1. The molecule has 2 aliphatic heterocycles. The predicted octanol–water partition coefficient (Wildman–Crippen LogP) is 3.74. The molecule has 4 rings (SSSR count). The fraction of sp³-hybridized carbons (Fsp3) is 0.722. The van der Waals surface area contributed by atoms with Crippen molar-refractivity contribution in [3.8, 4) is 11.5 Å². The molecule has 5 heteroatoms. The van der Waals surface area contributed by atoms with Crippen LogP contribution in [-0.4, -0.2) is 26.1 Å². The van der Waals surface area contributed by atoms with Gasteiger partial charge >= 0.3 is 0 Å². The van der Waals surface area contributed by atoms with Crippen LogP contribution >= 0.6 is 0 Å². The zero-order valence-corrected chi connectivity index (χ0v) is 14.1. The van der Waals surface area contributed by atoms with Gasteiger partial charge in [-0.3, -0.25) is 0 Å². The smallest absolute Gasteiger partial charge is 0.165 e. The highest BCUT2D eigenvalue weighted by atomic mass is 15.2. The van der Waals surface area contributed by atoms with Crippen LogP contribution in [0.25, 0.3) is 11.5 Å². The van der Waals surface area contributed by atoms with Gasteiger partial charge in [-0.25, -0.2) is 15.0 Å². The third-order valence-corrected chi connectivity index (χ3v) is 5.20. The van der Waals surface area contributed by atoms with Crippen molar-refractivity contribution >= 4 is 5.82 Å². The summed E-state index contributed by atoms with van der Waals surface area (Å²) >= 11 is 0. The molecule has 0 saturated heterocycles. The van der Waals surface area contributed by atoms with Gasteiger partial charge in [0.2, 0.25) is 0 Å². The molecule has 1 N–H and O–H groups in total. The van der Waals surface area contributed by atoms with Crippen LogP contribution in [0.5, 0.6) is 0 Å². The van der Waals surface area contributed by atoms with Crippen molar-refractivity contribution in [3.05, 3.63) is 12.2 Å². The second-order valence-electron chi connectivity index (χ2n) is 7.24. The van der Waals surface area contributed by atoms with E-state index in [1.54, 1.807) is 0 Å². The Bertz CT molecular complexity index is 625. The van der Waals surface area contributed by atoms with Crippen molar-refractivity contribution in [2.24, 2.45) is 11.8 Å². The molecule has 0 radical (unpaired) electrons. The molecule has 0 amide bonds. The van der Waals surface area contributed by atoms with Gasteiger partial charge in [-0.15, -0.1) is 0 Å². The summed E-state index contributed by atoms with van der Waals surface area (Å²) in [5, 5.41) is 3.34. The number of hydrogen-bond acceptors (Lipinski definition) is 4. The van der Waals surface area contributed by atoms with Gasteiger partial charge in [-0.1, -0.05) is 19.3 Å². The molecule has 0 aromatic heterocycles. The first-order valence-corrected chi connectivity index (χ1v) is 9.29. The lowest BCUT2D eigenvalue weighted by atomic mass is 9.89. The Labute approximate surface area is 138 Å². The highest BCUT2D eigenvalue weighted by Gasteiger charge is 2.27. The van der Waals surface area contributed by atoms with E-state index in [0.717, 1.165) is 54.5 Å². The van der Waals surface area contributed by atoms with E-state index in [1.807, 2.05) is 6.33 Å². The van der Waals surface area contributed by atoms with E-state index >= 15 is 0 Å². The first-order valence-electron chi connectivity index (χ1n) is 9.29. The third-order valence-electron chi connectivity index (χ3n) is 5.20. The molecule has 124 valence electrons. The van der Waals surface area contributed by atoms with Crippen LogP contribution in [0, 0.1) is 11.8 Å².